The van der Waals surface area contributed by atoms with Gasteiger partial charge in [0.2, 0.25) is 0 Å². The van der Waals surface area contributed by atoms with Gasteiger partial charge in [0.05, 0.1) is 9.40 Å². The van der Waals surface area contributed by atoms with Gasteiger partial charge < -0.3 is 5.11 Å². The largest absolute Gasteiger partial charge is 0.506 e. The van der Waals surface area contributed by atoms with E-state index >= 15 is 0 Å². The van der Waals surface area contributed by atoms with E-state index < -0.39 is 4.92 Å². The number of rotatable bonds is 4. The number of phenolic OH excluding ortho intramolecular Hbond substituents is 1. The fourth-order valence-corrected chi connectivity index (χ4v) is 2.18. The Morgan fingerprint density at radius 2 is 2.05 bits per heavy atom. The van der Waals surface area contributed by atoms with Crippen molar-refractivity contribution in [3.63, 3.8) is 0 Å². The molecular weight excluding hydrogens is 348 g/mol. The van der Waals surface area contributed by atoms with Crippen LogP contribution in [0.3, 0.4) is 0 Å². The summed E-state index contributed by atoms with van der Waals surface area (Å²) < 4.78 is 0.438. The molecule has 0 aliphatic carbocycles. The zero-order chi connectivity index (χ0) is 16.1. The average molecular weight is 361 g/mol. The first-order chi connectivity index (χ1) is 10.5. The molecule has 0 bridgehead atoms. The quantitative estimate of drug-likeness (QED) is 0.483. The number of allylic oxidation sites excluding steroid dienone is 1. The second-order valence-corrected chi connectivity index (χ2v) is 5.45. The number of hydrogen-bond acceptors (Lipinski definition) is 4. The van der Waals surface area contributed by atoms with Crippen molar-refractivity contribution in [2.75, 3.05) is 0 Å². The summed E-state index contributed by atoms with van der Waals surface area (Å²) >= 11 is 3.14. The van der Waals surface area contributed by atoms with Crippen molar-refractivity contribution in [3.8, 4) is 5.75 Å². The molecule has 22 heavy (non-hydrogen) atoms. The van der Waals surface area contributed by atoms with Gasteiger partial charge in [-0.3, -0.25) is 15.1 Å². The molecule has 2 aromatic carbocycles. The number of halogens is 1. The van der Waals surface area contributed by atoms with Crippen LogP contribution in [0.5, 0.6) is 5.75 Å². The molecule has 0 aliphatic heterocycles. The molecule has 0 atom stereocenters. The summed E-state index contributed by atoms with van der Waals surface area (Å²) in [4.78, 5) is 14.5. The highest BCUT2D eigenvalue weighted by Gasteiger charge is 2.10. The van der Waals surface area contributed by atoms with Crippen LogP contribution < -0.4 is 0 Å². The number of aromatic hydroxyl groups is 1. The Balaban J connectivity index is 2.14. The summed E-state index contributed by atoms with van der Waals surface area (Å²) in [6.07, 6.45) is 4.89. The van der Waals surface area contributed by atoms with E-state index in [4.69, 9.17) is 0 Å². The van der Waals surface area contributed by atoms with E-state index in [1.165, 1.54) is 12.3 Å². The molecule has 0 unspecified atom stereocenters. The minimum absolute atomic E-state index is 0.00951. The number of phenols is 1. The normalized spacial score (nSPS) is 11.4. The van der Waals surface area contributed by atoms with Gasteiger partial charge in [-0.25, -0.2) is 0 Å². The van der Waals surface area contributed by atoms with Crippen molar-refractivity contribution < 1.29 is 10.0 Å². The van der Waals surface area contributed by atoms with Crippen molar-refractivity contribution in [2.24, 2.45) is 4.99 Å². The van der Waals surface area contributed by atoms with Gasteiger partial charge in [-0.15, -0.1) is 0 Å². The third-order valence-electron chi connectivity index (χ3n) is 2.89. The Morgan fingerprint density at radius 1 is 1.27 bits per heavy atom. The zero-order valence-corrected chi connectivity index (χ0v) is 13.3. The molecule has 6 heteroatoms. The Hall–Kier alpha value is -2.47. The van der Waals surface area contributed by atoms with Crippen LogP contribution in [0.15, 0.2) is 51.9 Å². The highest BCUT2D eigenvalue weighted by Crippen LogP contribution is 2.27. The molecule has 0 aliphatic rings. The second kappa shape index (κ2) is 7.00. The van der Waals surface area contributed by atoms with Crippen molar-refractivity contribution in [1.29, 1.82) is 0 Å². The lowest BCUT2D eigenvalue weighted by atomic mass is 10.2. The maximum atomic E-state index is 10.9. The molecule has 0 fully saturated rings. The summed E-state index contributed by atoms with van der Waals surface area (Å²) in [5, 5.41) is 20.6. The molecule has 2 rings (SSSR count). The minimum atomic E-state index is -0.445. The van der Waals surface area contributed by atoms with Gasteiger partial charge in [-0.05, 0) is 58.3 Å². The molecule has 0 spiro atoms. The molecule has 0 aromatic heterocycles. The molecular formula is C16H13BrN2O3. The predicted octanol–water partition coefficient (Wildman–Crippen LogP) is 4.79. The van der Waals surface area contributed by atoms with Gasteiger partial charge >= 0.3 is 0 Å². The van der Waals surface area contributed by atoms with Gasteiger partial charge in [-0.2, -0.15) is 0 Å². The summed E-state index contributed by atoms with van der Waals surface area (Å²) in [5.74, 6) is 0.115. The van der Waals surface area contributed by atoms with E-state index in [0.29, 0.717) is 15.7 Å². The van der Waals surface area contributed by atoms with Crippen LogP contribution in [0.1, 0.15) is 11.1 Å². The van der Waals surface area contributed by atoms with Crippen LogP contribution in [0.25, 0.3) is 6.08 Å². The standard InChI is InChI=1S/C16H13BrN2O3/c1-11-4-7-14(16(20)9-11)18-8-2-3-12-5-6-13(17)15(10-12)19(21)22/h2-10,20H,1H3/b3-2+,18-8?. The Kier molecular flexibility index (Phi) is 5.06. The van der Waals surface area contributed by atoms with Crippen LogP contribution in [-0.2, 0) is 0 Å². The van der Waals surface area contributed by atoms with E-state index in [9.17, 15) is 15.2 Å². The van der Waals surface area contributed by atoms with E-state index in [1.807, 2.05) is 13.0 Å². The Labute approximate surface area is 135 Å². The molecule has 0 amide bonds. The van der Waals surface area contributed by atoms with Gasteiger partial charge in [0.15, 0.2) is 0 Å². The first-order valence-corrected chi connectivity index (χ1v) is 7.21. The van der Waals surface area contributed by atoms with Crippen molar-refractivity contribution >= 4 is 39.6 Å². The Bertz CT molecular complexity index is 770. The lowest BCUT2D eigenvalue weighted by Gasteiger charge is -1.99. The highest BCUT2D eigenvalue weighted by atomic mass is 79.9. The molecule has 5 nitrogen and oxygen atoms in total. The average Bonchev–Trinajstić information content (AvgIpc) is 2.46. The molecule has 0 radical (unpaired) electrons. The van der Waals surface area contributed by atoms with Crippen molar-refractivity contribution in [1.82, 2.24) is 0 Å². The zero-order valence-electron chi connectivity index (χ0n) is 11.7. The molecule has 0 saturated carbocycles. The van der Waals surface area contributed by atoms with Crippen LogP contribution in [0.4, 0.5) is 11.4 Å². The monoisotopic (exact) mass is 360 g/mol. The maximum Gasteiger partial charge on any atom is 0.284 e. The molecule has 1 N–H and O–H groups in total. The fourth-order valence-electron chi connectivity index (χ4n) is 1.79. The van der Waals surface area contributed by atoms with Crippen molar-refractivity contribution in [3.05, 3.63) is 68.2 Å². The second-order valence-electron chi connectivity index (χ2n) is 4.60. The van der Waals surface area contributed by atoms with Gasteiger partial charge in [-0.1, -0.05) is 18.2 Å². The minimum Gasteiger partial charge on any atom is -0.506 e. The van der Waals surface area contributed by atoms with Gasteiger partial charge in [0.25, 0.3) is 5.69 Å². The number of nitro benzene ring substituents is 1. The van der Waals surface area contributed by atoms with E-state index in [2.05, 4.69) is 20.9 Å². The van der Waals surface area contributed by atoms with Crippen LogP contribution in [0, 0.1) is 17.0 Å². The maximum absolute atomic E-state index is 10.9. The van der Waals surface area contributed by atoms with Crippen molar-refractivity contribution in [2.45, 2.75) is 6.92 Å². The molecule has 2 aromatic rings. The van der Waals surface area contributed by atoms with Gasteiger partial charge in [0.1, 0.15) is 11.4 Å². The highest BCUT2D eigenvalue weighted by molar-refractivity contribution is 9.10. The molecule has 0 saturated heterocycles. The lowest BCUT2D eigenvalue weighted by Crippen LogP contribution is -1.89. The van der Waals surface area contributed by atoms with Crippen LogP contribution in [0.2, 0.25) is 0 Å². The number of hydrogen-bond donors (Lipinski definition) is 1. The summed E-state index contributed by atoms with van der Waals surface area (Å²) in [6, 6.07) is 10.1. The molecule has 112 valence electrons. The van der Waals surface area contributed by atoms with Crippen LogP contribution >= 0.6 is 15.9 Å². The Morgan fingerprint density at radius 3 is 2.73 bits per heavy atom. The summed E-state index contributed by atoms with van der Waals surface area (Å²) in [6.45, 7) is 1.88. The third kappa shape index (κ3) is 4.02. The summed E-state index contributed by atoms with van der Waals surface area (Å²) in [7, 11) is 0. The number of nitrogens with zero attached hydrogens (tertiary/aromatic N) is 2. The fraction of sp³-hybridized carbons (Fsp3) is 0.0625. The third-order valence-corrected chi connectivity index (χ3v) is 3.56. The predicted molar refractivity (Wildman–Crippen MR) is 90.8 cm³/mol. The molecule has 0 heterocycles. The SMILES string of the molecule is Cc1ccc(N=C/C=C/c2ccc(Br)c([N+](=O)[O-])c2)c(O)c1. The first kappa shape index (κ1) is 15.9. The van der Waals surface area contributed by atoms with Gasteiger partial charge in [0, 0.05) is 12.3 Å². The number of benzene rings is 2. The topological polar surface area (TPSA) is 75.7 Å². The number of aliphatic imine (C=N–C) groups is 1. The first-order valence-electron chi connectivity index (χ1n) is 6.41. The summed E-state index contributed by atoms with van der Waals surface area (Å²) in [5.41, 5.74) is 2.12. The van der Waals surface area contributed by atoms with E-state index in [0.717, 1.165) is 5.56 Å². The lowest BCUT2D eigenvalue weighted by molar-refractivity contribution is -0.385. The van der Waals surface area contributed by atoms with E-state index in [1.54, 1.807) is 36.4 Å². The number of aryl methyl sites for hydroxylation is 1. The van der Waals surface area contributed by atoms with E-state index in [-0.39, 0.29) is 11.4 Å². The smallest absolute Gasteiger partial charge is 0.284 e. The number of nitro groups is 1. The van der Waals surface area contributed by atoms with Crippen LogP contribution in [-0.4, -0.2) is 16.2 Å².